The molecule has 0 aliphatic carbocycles. The highest BCUT2D eigenvalue weighted by molar-refractivity contribution is 7.80. The van der Waals surface area contributed by atoms with Crippen molar-refractivity contribution >= 4 is 34.6 Å². The van der Waals surface area contributed by atoms with Crippen LogP contribution in [0.3, 0.4) is 0 Å². The molecule has 0 radical (unpaired) electrons. The Labute approximate surface area is 214 Å². The number of halogens is 1. The van der Waals surface area contributed by atoms with Gasteiger partial charge in [-0.25, -0.2) is 4.39 Å². The van der Waals surface area contributed by atoms with Gasteiger partial charge in [0.15, 0.2) is 5.11 Å². The van der Waals surface area contributed by atoms with Gasteiger partial charge in [0.1, 0.15) is 5.82 Å². The second kappa shape index (κ2) is 9.54. The molecule has 1 saturated heterocycles. The van der Waals surface area contributed by atoms with E-state index in [0.717, 1.165) is 28.3 Å². The maximum absolute atomic E-state index is 14.8. The SMILES string of the molecule is CC(=O)Nc1ccc(N2C(=S)N[C@@H](c3ccccn3)[C@@H]2c2cc(C)n(-c3ccccc3F)c2C)cc1. The third-order valence-electron chi connectivity index (χ3n) is 6.45. The number of rotatable bonds is 5. The smallest absolute Gasteiger partial charge is 0.221 e. The second-order valence-corrected chi connectivity index (χ2v) is 9.22. The fourth-order valence-electron chi connectivity index (χ4n) is 4.95. The van der Waals surface area contributed by atoms with E-state index >= 15 is 0 Å². The number of aryl methyl sites for hydroxylation is 1. The number of carbonyl (C=O) groups excluding carboxylic acids is 1. The Kier molecular flexibility index (Phi) is 6.28. The first kappa shape index (κ1) is 23.7. The zero-order chi connectivity index (χ0) is 25.4. The quantitative estimate of drug-likeness (QED) is 0.342. The van der Waals surface area contributed by atoms with Gasteiger partial charge in [-0.2, -0.15) is 0 Å². The predicted molar refractivity (Wildman–Crippen MR) is 144 cm³/mol. The molecule has 3 heterocycles. The summed E-state index contributed by atoms with van der Waals surface area (Å²) in [5, 5.41) is 6.83. The van der Waals surface area contributed by atoms with Crippen LogP contribution >= 0.6 is 12.2 Å². The van der Waals surface area contributed by atoms with E-state index in [9.17, 15) is 9.18 Å². The van der Waals surface area contributed by atoms with Crippen molar-refractivity contribution in [3.8, 4) is 5.69 Å². The second-order valence-electron chi connectivity index (χ2n) is 8.84. The first-order valence-corrected chi connectivity index (χ1v) is 12.1. The van der Waals surface area contributed by atoms with Crippen molar-refractivity contribution in [2.45, 2.75) is 32.9 Å². The molecule has 2 aromatic carbocycles. The number of carbonyl (C=O) groups is 1. The van der Waals surface area contributed by atoms with Gasteiger partial charge in [0.25, 0.3) is 0 Å². The number of aromatic nitrogens is 2. The van der Waals surface area contributed by atoms with Crippen LogP contribution in [0, 0.1) is 19.7 Å². The van der Waals surface area contributed by atoms with E-state index in [1.807, 2.05) is 66.9 Å². The lowest BCUT2D eigenvalue weighted by Crippen LogP contribution is -2.29. The van der Waals surface area contributed by atoms with Crippen molar-refractivity contribution in [3.63, 3.8) is 0 Å². The molecule has 1 aliphatic rings. The van der Waals surface area contributed by atoms with Crippen molar-refractivity contribution < 1.29 is 9.18 Å². The zero-order valence-corrected chi connectivity index (χ0v) is 21.0. The van der Waals surface area contributed by atoms with Gasteiger partial charge in [-0.3, -0.25) is 9.78 Å². The molecule has 6 nitrogen and oxygen atoms in total. The zero-order valence-electron chi connectivity index (χ0n) is 20.2. The van der Waals surface area contributed by atoms with Gasteiger partial charge in [0.05, 0.1) is 23.5 Å². The van der Waals surface area contributed by atoms with Crippen LogP contribution in [0.2, 0.25) is 0 Å². The van der Waals surface area contributed by atoms with Crippen LogP contribution in [0.15, 0.2) is 79.0 Å². The first-order valence-electron chi connectivity index (χ1n) is 11.7. The Morgan fingerprint density at radius 2 is 1.78 bits per heavy atom. The highest BCUT2D eigenvalue weighted by atomic mass is 32.1. The lowest BCUT2D eigenvalue weighted by Gasteiger charge is -2.28. The van der Waals surface area contributed by atoms with Gasteiger partial charge in [-0.15, -0.1) is 0 Å². The van der Waals surface area contributed by atoms with E-state index in [1.165, 1.54) is 13.0 Å². The molecule has 0 unspecified atom stereocenters. The molecule has 36 heavy (non-hydrogen) atoms. The minimum atomic E-state index is -0.280. The van der Waals surface area contributed by atoms with Gasteiger partial charge < -0.3 is 20.1 Å². The van der Waals surface area contributed by atoms with E-state index in [0.29, 0.717) is 16.5 Å². The number of hydrogen-bond donors (Lipinski definition) is 2. The summed E-state index contributed by atoms with van der Waals surface area (Å²) in [4.78, 5) is 18.2. The lowest BCUT2D eigenvalue weighted by molar-refractivity contribution is -0.114. The number of nitrogens with zero attached hydrogens (tertiary/aromatic N) is 3. The predicted octanol–water partition coefficient (Wildman–Crippen LogP) is 5.76. The van der Waals surface area contributed by atoms with E-state index < -0.39 is 0 Å². The number of amides is 1. The van der Waals surface area contributed by atoms with Crippen molar-refractivity contribution in [2.75, 3.05) is 10.2 Å². The molecule has 1 fully saturated rings. The summed E-state index contributed by atoms with van der Waals surface area (Å²) < 4.78 is 16.7. The largest absolute Gasteiger partial charge is 0.351 e. The number of nitrogens with one attached hydrogen (secondary N) is 2. The van der Waals surface area contributed by atoms with Gasteiger partial charge in [-0.05, 0) is 86.2 Å². The summed E-state index contributed by atoms with van der Waals surface area (Å²) in [6, 6.07) is 21.8. The fraction of sp³-hybridized carbons (Fsp3) is 0.179. The molecule has 4 aromatic rings. The van der Waals surface area contributed by atoms with Crippen molar-refractivity contribution in [1.29, 1.82) is 0 Å². The fourth-order valence-corrected chi connectivity index (χ4v) is 5.29. The third-order valence-corrected chi connectivity index (χ3v) is 6.76. The number of hydrogen-bond acceptors (Lipinski definition) is 3. The Morgan fingerprint density at radius 3 is 2.44 bits per heavy atom. The number of para-hydroxylation sites is 1. The molecule has 5 rings (SSSR count). The summed E-state index contributed by atoms with van der Waals surface area (Å²) in [7, 11) is 0. The summed E-state index contributed by atoms with van der Waals surface area (Å²) in [5.74, 6) is -0.410. The normalized spacial score (nSPS) is 17.2. The molecule has 8 heteroatoms. The number of anilines is 2. The van der Waals surface area contributed by atoms with Crippen molar-refractivity contribution in [1.82, 2.24) is 14.9 Å². The monoisotopic (exact) mass is 499 g/mol. The minimum Gasteiger partial charge on any atom is -0.351 e. The lowest BCUT2D eigenvalue weighted by atomic mass is 9.96. The van der Waals surface area contributed by atoms with Gasteiger partial charge >= 0.3 is 0 Å². The molecule has 1 aliphatic heterocycles. The minimum absolute atomic E-state index is 0.130. The topological polar surface area (TPSA) is 62.2 Å². The third kappa shape index (κ3) is 4.24. The van der Waals surface area contributed by atoms with Crippen LogP contribution in [0.4, 0.5) is 15.8 Å². The van der Waals surface area contributed by atoms with E-state index in [2.05, 4.69) is 26.6 Å². The highest BCUT2D eigenvalue weighted by Gasteiger charge is 2.42. The first-order chi connectivity index (χ1) is 17.3. The number of pyridine rings is 1. The average Bonchev–Trinajstić information content (AvgIpc) is 3.35. The maximum Gasteiger partial charge on any atom is 0.221 e. The molecule has 0 spiro atoms. The van der Waals surface area contributed by atoms with Crippen molar-refractivity contribution in [2.24, 2.45) is 0 Å². The molecule has 1 amide bonds. The van der Waals surface area contributed by atoms with Gasteiger partial charge in [0, 0.05) is 35.9 Å². The Morgan fingerprint density at radius 1 is 1.06 bits per heavy atom. The van der Waals surface area contributed by atoms with Gasteiger partial charge in [-0.1, -0.05) is 18.2 Å². The van der Waals surface area contributed by atoms with Crippen LogP contribution in [-0.2, 0) is 4.79 Å². The number of benzene rings is 2. The Balaban J connectivity index is 1.64. The van der Waals surface area contributed by atoms with Crippen LogP contribution in [-0.4, -0.2) is 20.6 Å². The van der Waals surface area contributed by atoms with Crippen LogP contribution < -0.4 is 15.5 Å². The molecule has 2 N–H and O–H groups in total. The molecule has 0 saturated carbocycles. The van der Waals surface area contributed by atoms with Crippen LogP contribution in [0.25, 0.3) is 5.69 Å². The molecule has 2 atom stereocenters. The number of thiocarbonyl (C=S) groups is 1. The van der Waals surface area contributed by atoms with E-state index in [-0.39, 0.29) is 23.8 Å². The summed E-state index contributed by atoms with van der Waals surface area (Å²) >= 11 is 5.83. The Hall–Kier alpha value is -4.04. The van der Waals surface area contributed by atoms with Crippen LogP contribution in [0.5, 0.6) is 0 Å². The van der Waals surface area contributed by atoms with E-state index in [1.54, 1.807) is 18.3 Å². The summed E-state index contributed by atoms with van der Waals surface area (Å²) in [6.45, 7) is 5.46. The highest BCUT2D eigenvalue weighted by Crippen LogP contribution is 2.44. The van der Waals surface area contributed by atoms with Gasteiger partial charge in [0.2, 0.25) is 5.91 Å². The molecular weight excluding hydrogens is 473 g/mol. The summed E-state index contributed by atoms with van der Waals surface area (Å²) in [6.07, 6.45) is 1.77. The average molecular weight is 500 g/mol. The van der Waals surface area contributed by atoms with Crippen molar-refractivity contribution in [3.05, 3.63) is 107 Å². The molecular formula is C28H26FN5OS. The maximum atomic E-state index is 14.8. The van der Waals surface area contributed by atoms with E-state index in [4.69, 9.17) is 12.2 Å². The molecule has 182 valence electrons. The van der Waals surface area contributed by atoms with Crippen LogP contribution in [0.1, 0.15) is 41.7 Å². The molecule has 0 bridgehead atoms. The standard InChI is InChI=1S/C28H26FN5OS/c1-17-16-22(18(2)33(17)25-10-5-4-8-23(25)29)27-26(24-9-6-7-15-30-24)32-28(36)34(27)21-13-11-20(12-14-21)31-19(3)35/h4-16,26-27H,1-3H3,(H,31,35)(H,32,36)/t26-,27-/m0/s1. The summed E-state index contributed by atoms with van der Waals surface area (Å²) in [5.41, 5.74) is 5.82. The molecule has 2 aromatic heterocycles. The Bertz CT molecular complexity index is 1430.